The lowest BCUT2D eigenvalue weighted by Crippen LogP contribution is -1.94. The summed E-state index contributed by atoms with van der Waals surface area (Å²) in [5.74, 6) is 0. The number of rotatable bonds is 5. The van der Waals surface area contributed by atoms with Crippen LogP contribution in [0.4, 0.5) is 5.69 Å². The summed E-state index contributed by atoms with van der Waals surface area (Å²) in [4.78, 5) is 3.55. The van der Waals surface area contributed by atoms with Crippen molar-refractivity contribution in [1.29, 1.82) is 0 Å². The minimum absolute atomic E-state index is 0.651. The van der Waals surface area contributed by atoms with E-state index in [1.54, 1.807) is 0 Å². The van der Waals surface area contributed by atoms with Gasteiger partial charge in [0.25, 0.3) is 0 Å². The molecule has 3 nitrogen and oxygen atoms in total. The minimum atomic E-state index is 0.651. The molecule has 0 N–H and O–H groups in total. The standard InChI is InChI=1S/C49H31N3/c1-50-39-26-22-35(23-27-39)36-10-9-13-41(30-36)52-47-17-8-6-15-43(47)45-32-38(25-29-49(45)52)34-20-18-33(19-21-34)37-24-28-48-44(31-37)42-14-5-7-16-46(42)51(48)40-11-3-2-4-12-40/h2-32H. The normalized spacial score (nSPS) is 11.4. The average Bonchev–Trinajstić information content (AvgIpc) is 3.73. The van der Waals surface area contributed by atoms with Crippen LogP contribution in [0.15, 0.2) is 188 Å². The molecule has 0 saturated carbocycles. The molecule has 0 atom stereocenters. The summed E-state index contributed by atoms with van der Waals surface area (Å²) in [6, 6.07) is 67.1. The Morgan fingerprint density at radius 3 is 1.29 bits per heavy atom. The van der Waals surface area contributed by atoms with Crippen LogP contribution in [-0.2, 0) is 0 Å². The summed E-state index contributed by atoms with van der Waals surface area (Å²) in [7, 11) is 0. The van der Waals surface area contributed by atoms with Crippen molar-refractivity contribution in [2.24, 2.45) is 0 Å². The maximum atomic E-state index is 7.31. The van der Waals surface area contributed by atoms with Crippen LogP contribution in [0.1, 0.15) is 0 Å². The molecule has 0 amide bonds. The number of hydrogen-bond donors (Lipinski definition) is 0. The number of aromatic nitrogens is 2. The molecule has 0 spiro atoms. The predicted octanol–water partition coefficient (Wildman–Crippen LogP) is 13.4. The topological polar surface area (TPSA) is 14.2 Å². The average molecular weight is 662 g/mol. The minimum Gasteiger partial charge on any atom is -0.309 e. The van der Waals surface area contributed by atoms with E-state index in [1.807, 2.05) is 24.3 Å². The molecule has 3 heteroatoms. The lowest BCUT2D eigenvalue weighted by atomic mass is 9.98. The van der Waals surface area contributed by atoms with Crippen LogP contribution in [-0.4, -0.2) is 9.13 Å². The number of nitrogens with zero attached hydrogens (tertiary/aromatic N) is 3. The second kappa shape index (κ2) is 12.0. The number of para-hydroxylation sites is 3. The Hall–Kier alpha value is -7.15. The van der Waals surface area contributed by atoms with Gasteiger partial charge in [-0.1, -0.05) is 127 Å². The quantitative estimate of drug-likeness (QED) is 0.163. The molecule has 52 heavy (non-hydrogen) atoms. The summed E-state index contributed by atoms with van der Waals surface area (Å²) in [5, 5.41) is 4.97. The highest BCUT2D eigenvalue weighted by atomic mass is 15.0. The first-order valence-electron chi connectivity index (χ1n) is 17.5. The van der Waals surface area contributed by atoms with Gasteiger partial charge in [0.05, 0.1) is 28.6 Å². The Labute approximate surface area is 301 Å². The van der Waals surface area contributed by atoms with Gasteiger partial charge in [-0.25, -0.2) is 4.85 Å². The van der Waals surface area contributed by atoms with E-state index in [4.69, 9.17) is 6.57 Å². The number of hydrogen-bond acceptors (Lipinski definition) is 0. The highest BCUT2D eigenvalue weighted by Crippen LogP contribution is 2.38. The second-order valence-electron chi connectivity index (χ2n) is 13.3. The number of fused-ring (bicyclic) bond motifs is 6. The third-order valence-corrected chi connectivity index (χ3v) is 10.3. The first kappa shape index (κ1) is 29.7. The van der Waals surface area contributed by atoms with Crippen molar-refractivity contribution < 1.29 is 0 Å². The maximum absolute atomic E-state index is 7.31. The molecule has 10 rings (SSSR count). The first-order chi connectivity index (χ1) is 25.7. The van der Waals surface area contributed by atoms with Crippen molar-refractivity contribution in [3.63, 3.8) is 0 Å². The van der Waals surface area contributed by atoms with Gasteiger partial charge < -0.3 is 9.13 Å². The molecule has 0 bridgehead atoms. The molecule has 2 aromatic heterocycles. The molecule has 0 aliphatic carbocycles. The van der Waals surface area contributed by atoms with Gasteiger partial charge in [0.15, 0.2) is 5.69 Å². The first-order valence-corrected chi connectivity index (χ1v) is 17.5. The van der Waals surface area contributed by atoms with Crippen molar-refractivity contribution in [1.82, 2.24) is 9.13 Å². The lowest BCUT2D eigenvalue weighted by molar-refractivity contribution is 1.18. The molecule has 8 aromatic carbocycles. The van der Waals surface area contributed by atoms with Crippen LogP contribution < -0.4 is 0 Å². The summed E-state index contributed by atoms with van der Waals surface area (Å²) >= 11 is 0. The Morgan fingerprint density at radius 1 is 0.308 bits per heavy atom. The van der Waals surface area contributed by atoms with Crippen molar-refractivity contribution >= 4 is 49.3 Å². The molecule has 0 unspecified atom stereocenters. The van der Waals surface area contributed by atoms with E-state index in [9.17, 15) is 0 Å². The van der Waals surface area contributed by atoms with E-state index in [-0.39, 0.29) is 0 Å². The molecular weight excluding hydrogens is 631 g/mol. The van der Waals surface area contributed by atoms with E-state index < -0.39 is 0 Å². The van der Waals surface area contributed by atoms with Crippen LogP contribution in [0.25, 0.3) is 93.2 Å². The van der Waals surface area contributed by atoms with Gasteiger partial charge in [-0.2, -0.15) is 0 Å². The zero-order chi connectivity index (χ0) is 34.6. The van der Waals surface area contributed by atoms with Crippen molar-refractivity contribution in [3.8, 4) is 44.8 Å². The second-order valence-corrected chi connectivity index (χ2v) is 13.3. The van der Waals surface area contributed by atoms with Crippen LogP contribution in [0.5, 0.6) is 0 Å². The highest BCUT2D eigenvalue weighted by molar-refractivity contribution is 6.11. The fourth-order valence-corrected chi connectivity index (χ4v) is 7.85. The van der Waals surface area contributed by atoms with E-state index >= 15 is 0 Å². The Bertz CT molecular complexity index is 2990. The fraction of sp³-hybridized carbons (Fsp3) is 0. The molecule has 10 aromatic rings. The van der Waals surface area contributed by atoms with E-state index in [2.05, 4.69) is 178 Å². The molecule has 242 valence electrons. The van der Waals surface area contributed by atoms with Gasteiger partial charge >= 0.3 is 0 Å². The lowest BCUT2D eigenvalue weighted by Gasteiger charge is -2.11. The van der Waals surface area contributed by atoms with Crippen LogP contribution in [0, 0.1) is 6.57 Å². The van der Waals surface area contributed by atoms with Gasteiger partial charge in [0.1, 0.15) is 0 Å². The third kappa shape index (κ3) is 4.81. The van der Waals surface area contributed by atoms with Crippen molar-refractivity contribution in [2.75, 3.05) is 0 Å². The van der Waals surface area contributed by atoms with Crippen LogP contribution in [0.2, 0.25) is 0 Å². The zero-order valence-corrected chi connectivity index (χ0v) is 28.2. The Kier molecular flexibility index (Phi) is 6.87. The van der Waals surface area contributed by atoms with Gasteiger partial charge in [0.2, 0.25) is 0 Å². The van der Waals surface area contributed by atoms with Crippen LogP contribution in [0.3, 0.4) is 0 Å². The third-order valence-electron chi connectivity index (χ3n) is 10.3. The summed E-state index contributed by atoms with van der Waals surface area (Å²) in [6.45, 7) is 7.31. The number of benzene rings is 8. The summed E-state index contributed by atoms with van der Waals surface area (Å²) in [5.41, 5.74) is 14.7. The molecule has 0 radical (unpaired) electrons. The van der Waals surface area contributed by atoms with Crippen LogP contribution >= 0.6 is 0 Å². The molecule has 2 heterocycles. The monoisotopic (exact) mass is 661 g/mol. The predicted molar refractivity (Wildman–Crippen MR) is 218 cm³/mol. The fourth-order valence-electron chi connectivity index (χ4n) is 7.85. The molecule has 0 fully saturated rings. The molecule has 0 aliphatic heterocycles. The van der Waals surface area contributed by atoms with E-state index in [0.29, 0.717) is 5.69 Å². The zero-order valence-electron chi connectivity index (χ0n) is 28.2. The van der Waals surface area contributed by atoms with Gasteiger partial charge in [-0.3, -0.25) is 0 Å². The summed E-state index contributed by atoms with van der Waals surface area (Å²) in [6.07, 6.45) is 0. The van der Waals surface area contributed by atoms with E-state index in [1.165, 1.54) is 71.6 Å². The largest absolute Gasteiger partial charge is 0.309 e. The van der Waals surface area contributed by atoms with Gasteiger partial charge in [-0.05, 0) is 94.0 Å². The maximum Gasteiger partial charge on any atom is 0.187 e. The summed E-state index contributed by atoms with van der Waals surface area (Å²) < 4.78 is 4.72. The SMILES string of the molecule is [C-]#[N+]c1ccc(-c2cccc(-n3c4ccccc4c4cc(-c5ccc(-c6ccc7c(c6)c6ccccc6n7-c6ccccc6)cc5)ccc43)c2)cc1. The van der Waals surface area contributed by atoms with Crippen molar-refractivity contribution in [2.45, 2.75) is 0 Å². The van der Waals surface area contributed by atoms with E-state index in [0.717, 1.165) is 16.8 Å². The molecule has 0 saturated heterocycles. The van der Waals surface area contributed by atoms with Gasteiger partial charge in [-0.15, -0.1) is 0 Å². The smallest absolute Gasteiger partial charge is 0.187 e. The Balaban J connectivity index is 1.03. The molecule has 0 aliphatic rings. The molecular formula is C49H31N3. The Morgan fingerprint density at radius 2 is 0.731 bits per heavy atom. The van der Waals surface area contributed by atoms with Gasteiger partial charge in [0, 0.05) is 32.9 Å². The van der Waals surface area contributed by atoms with Crippen molar-refractivity contribution in [3.05, 3.63) is 199 Å². The highest BCUT2D eigenvalue weighted by Gasteiger charge is 2.15.